The van der Waals surface area contributed by atoms with Crippen molar-refractivity contribution < 1.29 is 4.74 Å². The molecule has 0 amide bonds. The number of ether oxygens (including phenoxy) is 1. The first kappa shape index (κ1) is 13.1. The van der Waals surface area contributed by atoms with Crippen molar-refractivity contribution >= 4 is 44.3 Å². The van der Waals surface area contributed by atoms with Gasteiger partial charge in [-0.05, 0) is 34.1 Å². The van der Waals surface area contributed by atoms with Gasteiger partial charge in [0.2, 0.25) is 0 Å². The molecule has 6 heteroatoms. The van der Waals surface area contributed by atoms with Crippen LogP contribution in [0.25, 0.3) is 11.0 Å². The molecule has 0 saturated heterocycles. The molecule has 0 aliphatic heterocycles. The first-order valence-corrected chi connectivity index (χ1v) is 6.94. The zero-order chi connectivity index (χ0) is 14.1. The average Bonchev–Trinajstić information content (AvgIpc) is 2.43. The molecule has 0 aliphatic rings. The lowest BCUT2D eigenvalue weighted by atomic mass is 10.3. The van der Waals surface area contributed by atoms with Crippen molar-refractivity contribution in [3.05, 3.63) is 52.2 Å². The monoisotopic (exact) mass is 349 g/mol. The van der Waals surface area contributed by atoms with E-state index in [9.17, 15) is 0 Å². The SMILES string of the molecule is Nc1ccc(Cl)c(Oc2ccnc3cc(Br)cnc23)c1. The summed E-state index contributed by atoms with van der Waals surface area (Å²) in [5.41, 5.74) is 7.72. The van der Waals surface area contributed by atoms with E-state index in [-0.39, 0.29) is 0 Å². The highest BCUT2D eigenvalue weighted by atomic mass is 79.9. The second kappa shape index (κ2) is 5.26. The number of nitrogens with two attached hydrogens (primary N) is 1. The smallest absolute Gasteiger partial charge is 0.156 e. The maximum absolute atomic E-state index is 6.10. The molecule has 3 rings (SSSR count). The third kappa shape index (κ3) is 2.55. The molecule has 1 aromatic carbocycles. The molecule has 0 saturated carbocycles. The van der Waals surface area contributed by atoms with Crippen LogP contribution in [0.15, 0.2) is 47.2 Å². The van der Waals surface area contributed by atoms with Gasteiger partial charge in [-0.1, -0.05) is 11.6 Å². The summed E-state index contributed by atoms with van der Waals surface area (Å²) in [7, 11) is 0. The fourth-order valence-electron chi connectivity index (χ4n) is 1.78. The molecule has 0 aliphatic carbocycles. The number of fused-ring (bicyclic) bond motifs is 1. The molecule has 2 aromatic heterocycles. The molecule has 0 bridgehead atoms. The van der Waals surface area contributed by atoms with Gasteiger partial charge in [0.15, 0.2) is 5.75 Å². The van der Waals surface area contributed by atoms with Crippen molar-refractivity contribution in [1.29, 1.82) is 0 Å². The fourth-order valence-corrected chi connectivity index (χ4v) is 2.26. The number of halogens is 2. The number of pyridine rings is 2. The minimum absolute atomic E-state index is 0.487. The van der Waals surface area contributed by atoms with Crippen LogP contribution in [0.2, 0.25) is 5.02 Å². The van der Waals surface area contributed by atoms with E-state index in [4.69, 9.17) is 22.1 Å². The highest BCUT2D eigenvalue weighted by Gasteiger charge is 2.09. The van der Waals surface area contributed by atoms with Crippen molar-refractivity contribution in [1.82, 2.24) is 9.97 Å². The summed E-state index contributed by atoms with van der Waals surface area (Å²) in [6.45, 7) is 0. The molecule has 100 valence electrons. The molecule has 0 fully saturated rings. The number of nitrogen functional groups attached to an aromatic ring is 1. The maximum atomic E-state index is 6.10. The Morgan fingerprint density at radius 2 is 1.95 bits per heavy atom. The highest BCUT2D eigenvalue weighted by molar-refractivity contribution is 9.10. The van der Waals surface area contributed by atoms with E-state index in [0.29, 0.717) is 27.7 Å². The quantitative estimate of drug-likeness (QED) is 0.695. The lowest BCUT2D eigenvalue weighted by Gasteiger charge is -2.10. The zero-order valence-corrected chi connectivity index (χ0v) is 12.5. The summed E-state index contributed by atoms with van der Waals surface area (Å²) >= 11 is 9.46. The van der Waals surface area contributed by atoms with Gasteiger partial charge in [0.05, 0.1) is 10.5 Å². The van der Waals surface area contributed by atoms with Crippen molar-refractivity contribution in [2.75, 3.05) is 5.73 Å². The van der Waals surface area contributed by atoms with E-state index < -0.39 is 0 Å². The van der Waals surface area contributed by atoms with E-state index in [1.165, 1.54) is 0 Å². The number of aromatic nitrogens is 2. The molecule has 0 unspecified atom stereocenters. The highest BCUT2D eigenvalue weighted by Crippen LogP contribution is 2.33. The third-order valence-corrected chi connectivity index (χ3v) is 3.43. The van der Waals surface area contributed by atoms with Crippen molar-refractivity contribution in [2.24, 2.45) is 0 Å². The third-order valence-electron chi connectivity index (χ3n) is 2.68. The second-order valence-corrected chi connectivity index (χ2v) is 5.45. The van der Waals surface area contributed by atoms with Gasteiger partial charge in [-0.3, -0.25) is 4.98 Å². The van der Waals surface area contributed by atoms with Gasteiger partial charge < -0.3 is 10.5 Å². The number of anilines is 1. The van der Waals surface area contributed by atoms with Crippen LogP contribution in [0.3, 0.4) is 0 Å². The Kier molecular flexibility index (Phi) is 3.46. The predicted molar refractivity (Wildman–Crippen MR) is 83.2 cm³/mol. The Morgan fingerprint density at radius 3 is 2.80 bits per heavy atom. The van der Waals surface area contributed by atoms with E-state index >= 15 is 0 Å². The van der Waals surface area contributed by atoms with E-state index in [0.717, 1.165) is 9.99 Å². The zero-order valence-electron chi connectivity index (χ0n) is 10.2. The van der Waals surface area contributed by atoms with Crippen LogP contribution >= 0.6 is 27.5 Å². The lowest BCUT2D eigenvalue weighted by Crippen LogP contribution is -1.92. The minimum Gasteiger partial charge on any atom is -0.453 e. The largest absolute Gasteiger partial charge is 0.453 e. The van der Waals surface area contributed by atoms with Gasteiger partial charge in [-0.15, -0.1) is 0 Å². The Hall–Kier alpha value is -1.85. The van der Waals surface area contributed by atoms with Crippen LogP contribution < -0.4 is 10.5 Å². The second-order valence-electron chi connectivity index (χ2n) is 4.12. The topological polar surface area (TPSA) is 61.0 Å². The molecule has 4 nitrogen and oxygen atoms in total. The van der Waals surface area contributed by atoms with Gasteiger partial charge >= 0.3 is 0 Å². The van der Waals surface area contributed by atoms with Gasteiger partial charge in [-0.25, -0.2) is 4.98 Å². The molecule has 0 atom stereocenters. The van der Waals surface area contributed by atoms with Crippen LogP contribution in [0.4, 0.5) is 5.69 Å². The fraction of sp³-hybridized carbons (Fsp3) is 0. The normalized spacial score (nSPS) is 10.7. The lowest BCUT2D eigenvalue weighted by molar-refractivity contribution is 0.487. The Labute approximate surface area is 128 Å². The van der Waals surface area contributed by atoms with Gasteiger partial charge in [0.1, 0.15) is 11.3 Å². The molecule has 2 heterocycles. The maximum Gasteiger partial charge on any atom is 0.156 e. The molecular formula is C14H9BrClN3O. The van der Waals surface area contributed by atoms with Crippen molar-refractivity contribution in [3.8, 4) is 11.5 Å². The first-order valence-electron chi connectivity index (χ1n) is 5.76. The van der Waals surface area contributed by atoms with Gasteiger partial charge in [-0.2, -0.15) is 0 Å². The van der Waals surface area contributed by atoms with Crippen LogP contribution in [0.5, 0.6) is 11.5 Å². The van der Waals surface area contributed by atoms with Crippen LogP contribution in [-0.2, 0) is 0 Å². The summed E-state index contributed by atoms with van der Waals surface area (Å²) < 4.78 is 6.67. The minimum atomic E-state index is 0.487. The first-order chi connectivity index (χ1) is 9.63. The van der Waals surface area contributed by atoms with E-state index in [1.807, 2.05) is 6.07 Å². The summed E-state index contributed by atoms with van der Waals surface area (Å²) in [5, 5.41) is 0.487. The summed E-state index contributed by atoms with van der Waals surface area (Å²) in [4.78, 5) is 8.57. The molecule has 3 aromatic rings. The number of rotatable bonds is 2. The Morgan fingerprint density at radius 1 is 1.10 bits per heavy atom. The van der Waals surface area contributed by atoms with Crippen LogP contribution in [-0.4, -0.2) is 9.97 Å². The van der Waals surface area contributed by atoms with Crippen molar-refractivity contribution in [2.45, 2.75) is 0 Å². The Bertz CT molecular complexity index is 794. The van der Waals surface area contributed by atoms with E-state index in [2.05, 4.69) is 25.9 Å². The predicted octanol–water partition coefficient (Wildman–Crippen LogP) is 4.42. The molecule has 2 N–H and O–H groups in total. The number of nitrogens with zero attached hydrogens (tertiary/aromatic N) is 2. The van der Waals surface area contributed by atoms with E-state index in [1.54, 1.807) is 36.7 Å². The molecule has 0 spiro atoms. The number of hydrogen-bond donors (Lipinski definition) is 1. The Balaban J connectivity index is 2.09. The van der Waals surface area contributed by atoms with Crippen LogP contribution in [0.1, 0.15) is 0 Å². The molecule has 20 heavy (non-hydrogen) atoms. The van der Waals surface area contributed by atoms with Gasteiger partial charge in [0.25, 0.3) is 0 Å². The summed E-state index contributed by atoms with van der Waals surface area (Å²) in [6.07, 6.45) is 3.35. The summed E-state index contributed by atoms with van der Waals surface area (Å²) in [5.74, 6) is 1.07. The summed E-state index contributed by atoms with van der Waals surface area (Å²) in [6, 6.07) is 8.70. The number of hydrogen-bond acceptors (Lipinski definition) is 4. The van der Waals surface area contributed by atoms with Crippen LogP contribution in [0, 0.1) is 0 Å². The average molecular weight is 351 g/mol. The molecular weight excluding hydrogens is 342 g/mol. The molecule has 0 radical (unpaired) electrons. The standard InChI is InChI=1S/C14H9BrClN3O/c15-8-5-11-14(19-7-8)12(3-4-18-11)20-13-6-9(17)1-2-10(13)16/h1-7H,17H2. The van der Waals surface area contributed by atoms with Crippen molar-refractivity contribution in [3.63, 3.8) is 0 Å². The van der Waals surface area contributed by atoms with Gasteiger partial charge in [0, 0.05) is 34.7 Å². The number of benzene rings is 1.